The third-order valence-electron chi connectivity index (χ3n) is 2.14. The molecule has 0 atom stereocenters. The van der Waals surface area contributed by atoms with Crippen LogP contribution in [0.3, 0.4) is 0 Å². The standard InChI is InChI=1S/C12H10BrFN2O/c13-10-3-2-9(5-11(10)14)17-7-8-1-4-12(15)16-6-8/h1-6H,7H2,(H2,15,16). The summed E-state index contributed by atoms with van der Waals surface area (Å²) in [5.74, 6) is 0.587. The second kappa shape index (κ2) is 5.14. The van der Waals surface area contributed by atoms with Crippen molar-refractivity contribution in [3.05, 3.63) is 52.4 Å². The molecule has 0 spiro atoms. The molecule has 0 bridgehead atoms. The van der Waals surface area contributed by atoms with Crippen molar-refractivity contribution < 1.29 is 9.13 Å². The quantitative estimate of drug-likeness (QED) is 0.946. The smallest absolute Gasteiger partial charge is 0.141 e. The predicted molar refractivity (Wildman–Crippen MR) is 67.1 cm³/mol. The van der Waals surface area contributed by atoms with Crippen LogP contribution in [0.5, 0.6) is 5.75 Å². The number of hydrogen-bond donors (Lipinski definition) is 1. The molecule has 5 heteroatoms. The zero-order valence-corrected chi connectivity index (χ0v) is 10.4. The van der Waals surface area contributed by atoms with Gasteiger partial charge in [0.05, 0.1) is 4.47 Å². The van der Waals surface area contributed by atoms with Crippen molar-refractivity contribution in [1.29, 1.82) is 0 Å². The average Bonchev–Trinajstić information content (AvgIpc) is 2.33. The van der Waals surface area contributed by atoms with Crippen molar-refractivity contribution in [3.8, 4) is 5.75 Å². The number of hydrogen-bond acceptors (Lipinski definition) is 3. The maximum absolute atomic E-state index is 13.2. The normalized spacial score (nSPS) is 10.2. The van der Waals surface area contributed by atoms with E-state index in [9.17, 15) is 4.39 Å². The fourth-order valence-corrected chi connectivity index (χ4v) is 1.50. The minimum Gasteiger partial charge on any atom is -0.489 e. The van der Waals surface area contributed by atoms with E-state index in [0.717, 1.165) is 5.56 Å². The molecule has 1 aromatic carbocycles. The summed E-state index contributed by atoms with van der Waals surface area (Å²) in [7, 11) is 0. The Morgan fingerprint density at radius 3 is 2.76 bits per heavy atom. The predicted octanol–water partition coefficient (Wildman–Crippen LogP) is 3.14. The molecule has 2 aromatic rings. The van der Waals surface area contributed by atoms with E-state index < -0.39 is 0 Å². The van der Waals surface area contributed by atoms with Crippen molar-refractivity contribution in [2.45, 2.75) is 6.61 Å². The highest BCUT2D eigenvalue weighted by molar-refractivity contribution is 9.10. The molecule has 0 saturated carbocycles. The van der Waals surface area contributed by atoms with Gasteiger partial charge in [0.25, 0.3) is 0 Å². The van der Waals surface area contributed by atoms with Crippen molar-refractivity contribution in [1.82, 2.24) is 4.98 Å². The van der Waals surface area contributed by atoms with Crippen LogP contribution in [0, 0.1) is 5.82 Å². The molecule has 2 rings (SSSR count). The van der Waals surface area contributed by atoms with Gasteiger partial charge in [0, 0.05) is 17.8 Å². The SMILES string of the molecule is Nc1ccc(COc2ccc(Br)c(F)c2)cn1. The summed E-state index contributed by atoms with van der Waals surface area (Å²) in [6, 6.07) is 8.14. The van der Waals surface area contributed by atoms with Gasteiger partial charge in [-0.05, 0) is 34.1 Å². The van der Waals surface area contributed by atoms with Crippen LogP contribution in [0.15, 0.2) is 41.0 Å². The van der Waals surface area contributed by atoms with Crippen molar-refractivity contribution in [3.63, 3.8) is 0 Å². The Kier molecular flexibility index (Phi) is 3.58. The van der Waals surface area contributed by atoms with E-state index >= 15 is 0 Å². The second-order valence-corrected chi connectivity index (χ2v) is 4.31. The van der Waals surface area contributed by atoms with Gasteiger partial charge in [-0.3, -0.25) is 0 Å². The monoisotopic (exact) mass is 296 g/mol. The molecule has 0 amide bonds. The molecule has 0 aliphatic heterocycles. The Balaban J connectivity index is 2.02. The van der Waals surface area contributed by atoms with Crippen molar-refractivity contribution in [2.75, 3.05) is 5.73 Å². The summed E-state index contributed by atoms with van der Waals surface area (Å²) < 4.78 is 19.0. The highest BCUT2D eigenvalue weighted by Gasteiger charge is 2.02. The van der Waals surface area contributed by atoms with Gasteiger partial charge in [-0.1, -0.05) is 6.07 Å². The van der Waals surface area contributed by atoms with Gasteiger partial charge in [-0.25, -0.2) is 9.37 Å². The van der Waals surface area contributed by atoms with E-state index in [1.54, 1.807) is 24.4 Å². The van der Waals surface area contributed by atoms with E-state index in [1.165, 1.54) is 6.07 Å². The molecule has 17 heavy (non-hydrogen) atoms. The van der Waals surface area contributed by atoms with E-state index in [0.29, 0.717) is 22.6 Å². The molecule has 0 saturated heterocycles. The van der Waals surface area contributed by atoms with E-state index in [-0.39, 0.29) is 5.82 Å². The van der Waals surface area contributed by atoms with E-state index in [1.807, 2.05) is 6.07 Å². The Hall–Kier alpha value is -1.62. The lowest BCUT2D eigenvalue weighted by atomic mass is 10.3. The molecule has 0 unspecified atom stereocenters. The van der Waals surface area contributed by atoms with Gasteiger partial charge in [0.2, 0.25) is 0 Å². The van der Waals surface area contributed by atoms with Gasteiger partial charge in [-0.2, -0.15) is 0 Å². The number of nitrogens with two attached hydrogens (primary N) is 1. The minimum absolute atomic E-state index is 0.328. The van der Waals surface area contributed by atoms with Crippen LogP contribution in [0.4, 0.5) is 10.2 Å². The highest BCUT2D eigenvalue weighted by Crippen LogP contribution is 2.21. The molecule has 1 aromatic heterocycles. The van der Waals surface area contributed by atoms with Crippen LogP contribution >= 0.6 is 15.9 Å². The number of benzene rings is 1. The zero-order valence-electron chi connectivity index (χ0n) is 8.86. The summed E-state index contributed by atoms with van der Waals surface area (Å²) >= 11 is 3.08. The molecule has 1 heterocycles. The van der Waals surface area contributed by atoms with Gasteiger partial charge >= 0.3 is 0 Å². The largest absolute Gasteiger partial charge is 0.489 e. The summed E-state index contributed by atoms with van der Waals surface area (Å²) in [5.41, 5.74) is 6.34. The Labute approximate surface area is 107 Å². The summed E-state index contributed by atoms with van der Waals surface area (Å²) in [4.78, 5) is 3.94. The highest BCUT2D eigenvalue weighted by atomic mass is 79.9. The number of rotatable bonds is 3. The lowest BCUT2D eigenvalue weighted by Crippen LogP contribution is -1.98. The fraction of sp³-hybridized carbons (Fsp3) is 0.0833. The number of pyridine rings is 1. The van der Waals surface area contributed by atoms with Crippen LogP contribution in [0.2, 0.25) is 0 Å². The second-order valence-electron chi connectivity index (χ2n) is 3.46. The Morgan fingerprint density at radius 2 is 2.12 bits per heavy atom. The molecule has 88 valence electrons. The van der Waals surface area contributed by atoms with Crippen LogP contribution in [-0.4, -0.2) is 4.98 Å². The first kappa shape index (κ1) is 11.9. The minimum atomic E-state index is -0.349. The molecule has 0 radical (unpaired) electrons. The number of nitrogen functional groups attached to an aromatic ring is 1. The van der Waals surface area contributed by atoms with Crippen LogP contribution < -0.4 is 10.5 Å². The third-order valence-corrected chi connectivity index (χ3v) is 2.79. The summed E-state index contributed by atoms with van der Waals surface area (Å²) in [6.07, 6.45) is 1.63. The first-order chi connectivity index (χ1) is 8.15. The average molecular weight is 297 g/mol. The summed E-state index contributed by atoms with van der Waals surface area (Å²) in [5, 5.41) is 0. The van der Waals surface area contributed by atoms with Crippen LogP contribution in [0.1, 0.15) is 5.56 Å². The lowest BCUT2D eigenvalue weighted by Gasteiger charge is -2.06. The van der Waals surface area contributed by atoms with Gasteiger partial charge in [0.15, 0.2) is 0 Å². The Morgan fingerprint density at radius 1 is 1.29 bits per heavy atom. The number of ether oxygens (including phenoxy) is 1. The number of halogens is 2. The van der Waals surface area contributed by atoms with E-state index in [4.69, 9.17) is 10.5 Å². The lowest BCUT2D eigenvalue weighted by molar-refractivity contribution is 0.304. The first-order valence-corrected chi connectivity index (χ1v) is 5.73. The van der Waals surface area contributed by atoms with Gasteiger partial charge in [0.1, 0.15) is 24.0 Å². The Bertz CT molecular complexity index is 516. The maximum Gasteiger partial charge on any atom is 0.141 e. The number of aromatic nitrogens is 1. The van der Waals surface area contributed by atoms with Gasteiger partial charge in [-0.15, -0.1) is 0 Å². The molecule has 0 fully saturated rings. The number of nitrogens with zero attached hydrogens (tertiary/aromatic N) is 1. The molecule has 2 N–H and O–H groups in total. The van der Waals surface area contributed by atoms with Crippen LogP contribution in [-0.2, 0) is 6.61 Å². The molecular formula is C12H10BrFN2O. The third kappa shape index (κ3) is 3.17. The zero-order chi connectivity index (χ0) is 12.3. The summed E-state index contributed by atoms with van der Waals surface area (Å²) in [6.45, 7) is 0.328. The fourth-order valence-electron chi connectivity index (χ4n) is 1.25. The van der Waals surface area contributed by atoms with Crippen LogP contribution in [0.25, 0.3) is 0 Å². The molecule has 0 aliphatic rings. The topological polar surface area (TPSA) is 48.1 Å². The van der Waals surface area contributed by atoms with E-state index in [2.05, 4.69) is 20.9 Å². The van der Waals surface area contributed by atoms with Gasteiger partial charge < -0.3 is 10.5 Å². The molecule has 3 nitrogen and oxygen atoms in total. The molecular weight excluding hydrogens is 287 g/mol. The van der Waals surface area contributed by atoms with Crippen molar-refractivity contribution in [2.24, 2.45) is 0 Å². The van der Waals surface area contributed by atoms with Crippen molar-refractivity contribution >= 4 is 21.7 Å². The number of anilines is 1. The molecule has 0 aliphatic carbocycles. The first-order valence-electron chi connectivity index (χ1n) is 4.93. The maximum atomic E-state index is 13.2.